The van der Waals surface area contributed by atoms with Crippen LogP contribution in [0, 0.1) is 11.3 Å². The van der Waals surface area contributed by atoms with Crippen LogP contribution in [0.25, 0.3) is 11.6 Å². The molecule has 7 heteroatoms. The molecule has 0 saturated carbocycles. The van der Waals surface area contributed by atoms with Gasteiger partial charge in [-0.15, -0.1) is 11.3 Å². The highest BCUT2D eigenvalue weighted by atomic mass is 32.1. The van der Waals surface area contributed by atoms with Crippen LogP contribution < -0.4 is 20.1 Å². The average Bonchev–Trinajstić information content (AvgIpc) is 3.03. The smallest absolute Gasteiger partial charge is 0.269 e. The van der Waals surface area contributed by atoms with Crippen molar-refractivity contribution in [3.05, 3.63) is 54.9 Å². The summed E-state index contributed by atoms with van der Waals surface area (Å²) in [5.74, 6) is -0.452. The first-order valence-electron chi connectivity index (χ1n) is 9.77. The monoisotopic (exact) mass is 413 g/mol. The highest BCUT2D eigenvalue weighted by Crippen LogP contribution is 2.05. The molecule has 29 heavy (non-hydrogen) atoms. The number of thiazole rings is 1. The highest BCUT2D eigenvalue weighted by Gasteiger charge is 2.15. The lowest BCUT2D eigenvalue weighted by atomic mass is 10.1. The second-order valence-corrected chi connectivity index (χ2v) is 7.59. The van der Waals surface area contributed by atoms with Gasteiger partial charge < -0.3 is 10.1 Å². The van der Waals surface area contributed by atoms with Gasteiger partial charge in [-0.1, -0.05) is 44.5 Å². The van der Waals surface area contributed by atoms with Gasteiger partial charge in [0, 0.05) is 13.7 Å². The number of nitrogens with zero attached hydrogens (tertiary/aromatic N) is 2. The van der Waals surface area contributed by atoms with E-state index in [0.29, 0.717) is 22.3 Å². The van der Waals surface area contributed by atoms with Gasteiger partial charge >= 0.3 is 0 Å². The van der Waals surface area contributed by atoms with Gasteiger partial charge in [0.25, 0.3) is 11.5 Å². The van der Waals surface area contributed by atoms with Crippen molar-refractivity contribution >= 4 is 28.9 Å². The summed E-state index contributed by atoms with van der Waals surface area (Å²) in [7, 11) is 1.55. The third kappa shape index (κ3) is 5.89. The van der Waals surface area contributed by atoms with E-state index in [0.717, 1.165) is 36.2 Å². The van der Waals surface area contributed by atoms with Crippen LogP contribution in [-0.4, -0.2) is 30.7 Å². The van der Waals surface area contributed by atoms with Crippen molar-refractivity contribution in [1.82, 2.24) is 9.88 Å². The van der Waals surface area contributed by atoms with Crippen molar-refractivity contribution in [1.29, 1.82) is 5.26 Å². The van der Waals surface area contributed by atoms with E-state index in [-0.39, 0.29) is 17.7 Å². The molecule has 0 unspecified atom stereocenters. The highest BCUT2D eigenvalue weighted by molar-refractivity contribution is 7.07. The molecule has 1 heterocycles. The molecule has 2 rings (SSSR count). The number of rotatable bonds is 9. The number of nitriles is 1. The quantitative estimate of drug-likeness (QED) is 0.632. The number of aromatic nitrogens is 1. The number of carbonyl (C=O) groups is 1. The molecule has 0 bridgehead atoms. The van der Waals surface area contributed by atoms with Crippen LogP contribution in [0.15, 0.2) is 29.1 Å². The predicted octanol–water partition coefficient (Wildman–Crippen LogP) is 1.54. The summed E-state index contributed by atoms with van der Waals surface area (Å²) in [6.07, 6.45) is 4.51. The minimum Gasteiger partial charge on any atom is -0.383 e. The summed E-state index contributed by atoms with van der Waals surface area (Å²) in [6, 6.07) is 9.96. The Balaban J connectivity index is 2.59. The number of unbranched alkanes of at least 4 members (excludes halogenated alkanes) is 1. The van der Waals surface area contributed by atoms with E-state index >= 15 is 0 Å². The first-order chi connectivity index (χ1) is 14.0. The Morgan fingerprint density at radius 1 is 1.31 bits per heavy atom. The lowest BCUT2D eigenvalue weighted by molar-refractivity contribution is -0.115. The maximum absolute atomic E-state index is 13.0. The van der Waals surface area contributed by atoms with Gasteiger partial charge in [0.2, 0.25) is 0 Å². The molecule has 0 spiro atoms. The largest absolute Gasteiger partial charge is 0.383 e. The van der Waals surface area contributed by atoms with Gasteiger partial charge in [-0.05, 0) is 30.0 Å². The first-order valence-corrected chi connectivity index (χ1v) is 10.6. The lowest BCUT2D eigenvalue weighted by Gasteiger charge is -2.04. The fourth-order valence-corrected chi connectivity index (χ4v) is 3.88. The van der Waals surface area contributed by atoms with Gasteiger partial charge in [-0.2, -0.15) is 5.26 Å². The summed E-state index contributed by atoms with van der Waals surface area (Å²) >= 11 is 1.16. The summed E-state index contributed by atoms with van der Waals surface area (Å²) in [6.45, 7) is 5.19. The maximum Gasteiger partial charge on any atom is 0.269 e. The number of carbonyl (C=O) groups excluding carboxylic acids is 1. The fourth-order valence-electron chi connectivity index (χ4n) is 2.75. The number of benzene rings is 1. The summed E-state index contributed by atoms with van der Waals surface area (Å²) in [5, 5.41) is 12.4. The molecule has 6 nitrogen and oxygen atoms in total. The number of hydrogen-bond donors (Lipinski definition) is 1. The molecule has 2 aromatic rings. The lowest BCUT2D eigenvalue weighted by Crippen LogP contribution is -2.36. The number of ether oxygens (including phenoxy) is 1. The van der Waals surface area contributed by atoms with Crippen molar-refractivity contribution < 1.29 is 9.53 Å². The predicted molar refractivity (Wildman–Crippen MR) is 116 cm³/mol. The van der Waals surface area contributed by atoms with E-state index < -0.39 is 5.91 Å². The molecular weight excluding hydrogens is 386 g/mol. The zero-order chi connectivity index (χ0) is 21.2. The third-order valence-electron chi connectivity index (χ3n) is 4.48. The van der Waals surface area contributed by atoms with Crippen molar-refractivity contribution in [2.75, 3.05) is 20.3 Å². The van der Waals surface area contributed by atoms with Gasteiger partial charge in [-0.25, -0.2) is 0 Å². The first kappa shape index (κ1) is 22.6. The normalized spacial score (nSPS) is 12.6. The second kappa shape index (κ2) is 11.3. The number of amides is 1. The summed E-state index contributed by atoms with van der Waals surface area (Å²) in [4.78, 5) is 25.5. The van der Waals surface area contributed by atoms with Crippen LogP contribution in [0.1, 0.15) is 37.8 Å². The maximum atomic E-state index is 13.0. The number of aryl methyl sites for hydroxylation is 1. The average molecular weight is 414 g/mol. The Labute approximate surface area is 174 Å². The van der Waals surface area contributed by atoms with Gasteiger partial charge in [0.05, 0.1) is 17.7 Å². The molecule has 0 aliphatic heterocycles. The van der Waals surface area contributed by atoms with E-state index in [9.17, 15) is 14.9 Å². The molecule has 0 radical (unpaired) electrons. The van der Waals surface area contributed by atoms with Crippen LogP contribution in [-0.2, 0) is 22.5 Å². The molecule has 1 N–H and O–H groups in total. The molecule has 154 valence electrons. The molecule has 0 atom stereocenters. The van der Waals surface area contributed by atoms with Gasteiger partial charge in [0.15, 0.2) is 5.57 Å². The van der Waals surface area contributed by atoms with E-state index in [4.69, 9.17) is 4.74 Å². The van der Waals surface area contributed by atoms with Crippen molar-refractivity contribution in [2.24, 2.45) is 0 Å². The Bertz CT molecular complexity index is 1040. The summed E-state index contributed by atoms with van der Waals surface area (Å²) in [5.41, 5.74) is 1.85. The molecular formula is C22H27N3O3S. The summed E-state index contributed by atoms with van der Waals surface area (Å²) < 4.78 is 7.40. The van der Waals surface area contributed by atoms with Crippen LogP contribution in [0.5, 0.6) is 0 Å². The van der Waals surface area contributed by atoms with Crippen LogP contribution in [0.4, 0.5) is 0 Å². The molecule has 0 saturated heterocycles. The Morgan fingerprint density at radius 3 is 2.62 bits per heavy atom. The van der Waals surface area contributed by atoms with Gasteiger partial charge in [0.1, 0.15) is 10.7 Å². The molecule has 0 aliphatic carbocycles. The van der Waals surface area contributed by atoms with Crippen LogP contribution in [0.3, 0.4) is 0 Å². The van der Waals surface area contributed by atoms with E-state index in [1.807, 2.05) is 37.3 Å². The van der Waals surface area contributed by atoms with Gasteiger partial charge in [-0.3, -0.25) is 14.2 Å². The molecule has 0 fully saturated rings. The molecule has 1 aromatic carbocycles. The minimum absolute atomic E-state index is 0.0414. The molecule has 1 aromatic heterocycles. The Hall–Kier alpha value is -2.69. The van der Waals surface area contributed by atoms with Crippen LogP contribution >= 0.6 is 11.3 Å². The van der Waals surface area contributed by atoms with E-state index in [1.165, 1.54) is 10.1 Å². The SMILES string of the molecule is CCCCNC(=O)/C(C#N)=c1\s/c(=C\c2ccc(CC)cc2)c(=O)n1CCOC. The Kier molecular flexibility index (Phi) is 8.84. The van der Waals surface area contributed by atoms with Crippen molar-refractivity contribution in [3.8, 4) is 6.07 Å². The number of hydrogen-bond acceptors (Lipinski definition) is 5. The molecule has 0 aliphatic rings. The topological polar surface area (TPSA) is 84.1 Å². The van der Waals surface area contributed by atoms with E-state index in [2.05, 4.69) is 12.2 Å². The zero-order valence-corrected chi connectivity index (χ0v) is 18.0. The fraction of sp³-hybridized carbons (Fsp3) is 0.409. The van der Waals surface area contributed by atoms with Crippen LogP contribution in [0.2, 0.25) is 0 Å². The number of methoxy groups -OCH3 is 1. The minimum atomic E-state index is -0.452. The third-order valence-corrected chi connectivity index (χ3v) is 5.61. The standard InChI is InChI=1S/C22H27N3O3S/c1-4-6-11-24-20(26)18(15-23)22-25(12-13-28-3)21(27)19(29-22)14-17-9-7-16(5-2)8-10-17/h7-10,14H,4-6,11-13H2,1-3H3,(H,24,26)/b19-14-,22-18-. The van der Waals surface area contributed by atoms with E-state index in [1.54, 1.807) is 13.2 Å². The Morgan fingerprint density at radius 2 is 2.03 bits per heavy atom. The van der Waals surface area contributed by atoms with Crippen molar-refractivity contribution in [2.45, 2.75) is 39.7 Å². The second-order valence-electron chi connectivity index (χ2n) is 6.56. The molecule has 1 amide bonds. The van der Waals surface area contributed by atoms with Crippen molar-refractivity contribution in [3.63, 3.8) is 0 Å². The zero-order valence-electron chi connectivity index (χ0n) is 17.2. The number of nitrogens with one attached hydrogen (secondary N) is 1.